The molecule has 3 rings (SSSR count). The van der Waals surface area contributed by atoms with Crippen LogP contribution in [0.2, 0.25) is 0 Å². The molecule has 0 aliphatic rings. The molecule has 8 heteroatoms. The molecule has 0 amide bonds. The first-order valence-electron chi connectivity index (χ1n) is 6.85. The standard InChI is InChI=1S/C16H11F2N3O3/c17-10-3-1-9(2-4-10)5-11-12(7-24-15(11)18)13(22)6-14(23)16-19-8-20-21-16/h1-4,6-8,22H,5H2,(H,19,20,21). The molecule has 0 aliphatic carbocycles. The number of nitrogens with one attached hydrogen (secondary N) is 1. The summed E-state index contributed by atoms with van der Waals surface area (Å²) in [4.78, 5) is 15.5. The number of aliphatic hydroxyl groups excluding tert-OH is 1. The zero-order valence-corrected chi connectivity index (χ0v) is 12.2. The summed E-state index contributed by atoms with van der Waals surface area (Å²) in [6.45, 7) is 0. The molecule has 122 valence electrons. The predicted molar refractivity (Wildman–Crippen MR) is 79.2 cm³/mol. The van der Waals surface area contributed by atoms with Crippen LogP contribution in [-0.2, 0) is 6.42 Å². The van der Waals surface area contributed by atoms with Crippen molar-refractivity contribution in [3.8, 4) is 0 Å². The first-order valence-corrected chi connectivity index (χ1v) is 6.85. The summed E-state index contributed by atoms with van der Waals surface area (Å²) in [6, 6.07) is 4.59. The highest BCUT2D eigenvalue weighted by Crippen LogP contribution is 2.25. The molecule has 2 aromatic heterocycles. The van der Waals surface area contributed by atoms with E-state index in [0.717, 1.165) is 18.7 Å². The van der Waals surface area contributed by atoms with Crippen molar-refractivity contribution in [1.29, 1.82) is 0 Å². The van der Waals surface area contributed by atoms with Crippen molar-refractivity contribution in [2.24, 2.45) is 0 Å². The molecule has 3 aromatic rings. The summed E-state index contributed by atoms with van der Waals surface area (Å²) in [5, 5.41) is 16.0. The van der Waals surface area contributed by atoms with Crippen LogP contribution in [0.5, 0.6) is 0 Å². The number of aromatic nitrogens is 3. The molecule has 24 heavy (non-hydrogen) atoms. The Hall–Kier alpha value is -3.29. The predicted octanol–water partition coefficient (Wildman–Crippen LogP) is 3.05. The van der Waals surface area contributed by atoms with Crippen LogP contribution in [0.25, 0.3) is 5.76 Å². The van der Waals surface area contributed by atoms with Gasteiger partial charge in [-0.25, -0.2) is 9.37 Å². The maximum Gasteiger partial charge on any atom is 0.282 e. The Kier molecular flexibility index (Phi) is 4.19. The Labute approximate surface area is 134 Å². The summed E-state index contributed by atoms with van der Waals surface area (Å²) in [5.74, 6) is -1.57. The van der Waals surface area contributed by atoms with Crippen molar-refractivity contribution in [3.63, 3.8) is 0 Å². The molecule has 0 fully saturated rings. The number of benzene rings is 1. The number of aromatic amines is 1. The van der Waals surface area contributed by atoms with Gasteiger partial charge in [0.15, 0.2) is 5.82 Å². The van der Waals surface area contributed by atoms with E-state index in [0.29, 0.717) is 5.56 Å². The summed E-state index contributed by atoms with van der Waals surface area (Å²) in [6.07, 6.45) is 3.11. The smallest absolute Gasteiger partial charge is 0.282 e. The number of aliphatic hydroxyl groups is 1. The molecule has 0 saturated heterocycles. The Morgan fingerprint density at radius 1 is 1.29 bits per heavy atom. The lowest BCUT2D eigenvalue weighted by atomic mass is 10.0. The lowest BCUT2D eigenvalue weighted by molar-refractivity contribution is 0.103. The molecular formula is C16H11F2N3O3. The third kappa shape index (κ3) is 3.22. The molecular weight excluding hydrogens is 320 g/mol. The van der Waals surface area contributed by atoms with Crippen molar-refractivity contribution >= 4 is 11.5 Å². The number of carbonyl (C=O) groups excluding carboxylic acids is 1. The fourth-order valence-corrected chi connectivity index (χ4v) is 2.14. The van der Waals surface area contributed by atoms with E-state index in [9.17, 15) is 18.7 Å². The van der Waals surface area contributed by atoms with Gasteiger partial charge in [0.25, 0.3) is 6.01 Å². The van der Waals surface area contributed by atoms with E-state index < -0.39 is 23.4 Å². The van der Waals surface area contributed by atoms with Crippen molar-refractivity contribution in [2.45, 2.75) is 6.42 Å². The van der Waals surface area contributed by atoms with E-state index in [1.165, 1.54) is 24.3 Å². The van der Waals surface area contributed by atoms with E-state index in [4.69, 9.17) is 4.42 Å². The van der Waals surface area contributed by atoms with Crippen LogP contribution in [0.3, 0.4) is 0 Å². The number of H-pyrrole nitrogens is 1. The number of nitrogens with zero attached hydrogens (tertiary/aromatic N) is 2. The van der Waals surface area contributed by atoms with Gasteiger partial charge in [-0.15, -0.1) is 0 Å². The average molecular weight is 331 g/mol. The first kappa shape index (κ1) is 15.6. The van der Waals surface area contributed by atoms with Crippen molar-refractivity contribution in [2.75, 3.05) is 0 Å². The van der Waals surface area contributed by atoms with Gasteiger partial charge in [-0.2, -0.15) is 9.49 Å². The van der Waals surface area contributed by atoms with Gasteiger partial charge < -0.3 is 9.52 Å². The molecule has 6 nitrogen and oxygen atoms in total. The highest BCUT2D eigenvalue weighted by molar-refractivity contribution is 6.05. The van der Waals surface area contributed by atoms with Crippen LogP contribution in [0.15, 0.2) is 47.3 Å². The minimum Gasteiger partial charge on any atom is -0.507 e. The fourth-order valence-electron chi connectivity index (χ4n) is 2.14. The minimum absolute atomic E-state index is 0.0321. The number of halogens is 2. The van der Waals surface area contributed by atoms with E-state index in [2.05, 4.69) is 15.2 Å². The van der Waals surface area contributed by atoms with Gasteiger partial charge >= 0.3 is 0 Å². The van der Waals surface area contributed by atoms with Gasteiger partial charge in [-0.3, -0.25) is 9.89 Å². The van der Waals surface area contributed by atoms with Crippen molar-refractivity contribution in [1.82, 2.24) is 15.2 Å². The van der Waals surface area contributed by atoms with Crippen LogP contribution in [0.1, 0.15) is 27.3 Å². The molecule has 0 radical (unpaired) electrons. The third-order valence-corrected chi connectivity index (χ3v) is 3.33. The molecule has 1 aromatic carbocycles. The van der Waals surface area contributed by atoms with Gasteiger partial charge in [0.1, 0.15) is 24.2 Å². The number of rotatable bonds is 5. The van der Waals surface area contributed by atoms with Gasteiger partial charge in [-0.05, 0) is 17.7 Å². The van der Waals surface area contributed by atoms with Crippen LogP contribution in [0, 0.1) is 11.8 Å². The highest BCUT2D eigenvalue weighted by atomic mass is 19.1. The van der Waals surface area contributed by atoms with Crippen LogP contribution in [0.4, 0.5) is 8.78 Å². The Balaban J connectivity index is 1.89. The van der Waals surface area contributed by atoms with E-state index in [1.807, 2.05) is 0 Å². The molecule has 0 spiro atoms. The zero-order valence-electron chi connectivity index (χ0n) is 12.2. The van der Waals surface area contributed by atoms with E-state index in [-0.39, 0.29) is 23.4 Å². The second-order valence-electron chi connectivity index (χ2n) is 4.93. The Bertz CT molecular complexity index is 884. The quantitative estimate of drug-likeness (QED) is 0.426. The average Bonchev–Trinajstić information content (AvgIpc) is 3.20. The lowest BCUT2D eigenvalue weighted by Gasteiger charge is -2.03. The van der Waals surface area contributed by atoms with Crippen molar-refractivity contribution in [3.05, 3.63) is 77.3 Å². The molecule has 0 unspecified atom stereocenters. The summed E-state index contributed by atoms with van der Waals surface area (Å²) in [5.41, 5.74) is 0.706. The van der Waals surface area contributed by atoms with E-state index >= 15 is 0 Å². The third-order valence-electron chi connectivity index (χ3n) is 3.33. The first-order chi connectivity index (χ1) is 11.5. The number of furan rings is 1. The zero-order chi connectivity index (χ0) is 17.1. The summed E-state index contributed by atoms with van der Waals surface area (Å²) < 4.78 is 31.5. The number of carbonyl (C=O) groups is 1. The van der Waals surface area contributed by atoms with Gasteiger partial charge in [0.05, 0.1) is 5.56 Å². The van der Waals surface area contributed by atoms with E-state index in [1.54, 1.807) is 0 Å². The maximum absolute atomic E-state index is 13.9. The summed E-state index contributed by atoms with van der Waals surface area (Å²) in [7, 11) is 0. The summed E-state index contributed by atoms with van der Waals surface area (Å²) >= 11 is 0. The number of ketones is 1. The van der Waals surface area contributed by atoms with Crippen LogP contribution < -0.4 is 0 Å². The topological polar surface area (TPSA) is 92.0 Å². The molecule has 0 atom stereocenters. The van der Waals surface area contributed by atoms with Crippen LogP contribution >= 0.6 is 0 Å². The monoisotopic (exact) mass is 331 g/mol. The molecule has 2 N–H and O–H groups in total. The Morgan fingerprint density at radius 3 is 2.71 bits per heavy atom. The molecule has 0 saturated carbocycles. The minimum atomic E-state index is -0.888. The fraction of sp³-hybridized carbons (Fsp3) is 0.0625. The maximum atomic E-state index is 13.9. The van der Waals surface area contributed by atoms with Gasteiger partial charge in [0.2, 0.25) is 5.78 Å². The highest BCUT2D eigenvalue weighted by Gasteiger charge is 2.19. The lowest BCUT2D eigenvalue weighted by Crippen LogP contribution is -2.00. The normalized spacial score (nSPS) is 11.7. The number of allylic oxidation sites excluding steroid dienone is 1. The molecule has 0 aliphatic heterocycles. The molecule has 0 bridgehead atoms. The Morgan fingerprint density at radius 2 is 2.04 bits per heavy atom. The second kappa shape index (κ2) is 6.45. The number of hydrogen-bond donors (Lipinski definition) is 2. The van der Waals surface area contributed by atoms with Gasteiger partial charge in [-0.1, -0.05) is 12.1 Å². The van der Waals surface area contributed by atoms with Gasteiger partial charge in [0, 0.05) is 18.1 Å². The van der Waals surface area contributed by atoms with Crippen molar-refractivity contribution < 1.29 is 23.1 Å². The largest absolute Gasteiger partial charge is 0.507 e. The molecule has 2 heterocycles. The number of hydrogen-bond acceptors (Lipinski definition) is 5. The second-order valence-corrected chi connectivity index (χ2v) is 4.93. The SMILES string of the molecule is O=C(C=C(O)c1coc(F)c1Cc1ccc(F)cc1)c1ncn[nH]1. The van der Waals surface area contributed by atoms with Crippen LogP contribution in [-0.4, -0.2) is 26.1 Å².